The number of carboxylic acids is 1. The second-order valence-electron chi connectivity index (χ2n) is 4.56. The molecule has 0 aliphatic carbocycles. The third-order valence-corrected chi connectivity index (χ3v) is 2.74. The zero-order chi connectivity index (χ0) is 13.4. The van der Waals surface area contributed by atoms with Gasteiger partial charge in [-0.1, -0.05) is 13.3 Å². The number of aliphatic carboxylic acids is 1. The molecule has 100 valence electrons. The van der Waals surface area contributed by atoms with Gasteiger partial charge in [-0.25, -0.2) is 0 Å². The first-order valence-corrected chi connectivity index (χ1v) is 6.14. The van der Waals surface area contributed by atoms with Crippen LogP contribution in [0.2, 0.25) is 0 Å². The van der Waals surface area contributed by atoms with E-state index in [-0.39, 0.29) is 24.4 Å². The summed E-state index contributed by atoms with van der Waals surface area (Å²) in [5, 5.41) is 8.68. The zero-order valence-corrected chi connectivity index (χ0v) is 11.0. The lowest BCUT2D eigenvalue weighted by molar-refractivity contribution is -0.146. The molecule has 0 bridgehead atoms. The number of carboxylic acid groups (broad SMARTS) is 1. The molecule has 0 fully saturated rings. The van der Waals surface area contributed by atoms with Gasteiger partial charge in [0.1, 0.15) is 6.54 Å². The van der Waals surface area contributed by atoms with Crippen LogP contribution in [0.1, 0.15) is 40.0 Å². The maximum absolute atomic E-state index is 11.9. The van der Waals surface area contributed by atoms with E-state index >= 15 is 0 Å². The predicted octanol–water partition coefficient (Wildman–Crippen LogP) is 1.07. The van der Waals surface area contributed by atoms with Crippen molar-refractivity contribution in [3.63, 3.8) is 0 Å². The summed E-state index contributed by atoms with van der Waals surface area (Å²) in [5.41, 5.74) is 5.63. The van der Waals surface area contributed by atoms with Gasteiger partial charge in [0.2, 0.25) is 5.91 Å². The number of hydrogen-bond donors (Lipinski definition) is 2. The van der Waals surface area contributed by atoms with Crippen molar-refractivity contribution in [1.82, 2.24) is 4.90 Å². The predicted molar refractivity (Wildman–Crippen MR) is 66.6 cm³/mol. The number of carbonyl (C=O) groups excluding carboxylic acids is 1. The van der Waals surface area contributed by atoms with Crippen LogP contribution >= 0.6 is 0 Å². The van der Waals surface area contributed by atoms with Gasteiger partial charge in [-0.15, -0.1) is 0 Å². The van der Waals surface area contributed by atoms with Crippen LogP contribution in [0.5, 0.6) is 0 Å². The van der Waals surface area contributed by atoms with Gasteiger partial charge < -0.3 is 15.7 Å². The quantitative estimate of drug-likeness (QED) is 0.669. The molecule has 0 radical (unpaired) electrons. The summed E-state index contributed by atoms with van der Waals surface area (Å²) in [7, 11) is 0. The Labute approximate surface area is 103 Å². The highest BCUT2D eigenvalue weighted by atomic mass is 16.4. The normalized spacial score (nSPS) is 14.1. The molecule has 0 rings (SSSR count). The Morgan fingerprint density at radius 3 is 2.29 bits per heavy atom. The molecule has 0 saturated heterocycles. The summed E-state index contributed by atoms with van der Waals surface area (Å²) in [5.74, 6) is -1.18. The fraction of sp³-hybridized carbons (Fsp3) is 0.833. The van der Waals surface area contributed by atoms with E-state index in [1.165, 1.54) is 4.90 Å². The molecule has 0 aromatic carbocycles. The van der Waals surface area contributed by atoms with Gasteiger partial charge in [0.15, 0.2) is 0 Å². The molecule has 5 heteroatoms. The summed E-state index contributed by atoms with van der Waals surface area (Å²) in [4.78, 5) is 23.9. The Hall–Kier alpha value is -1.10. The highest BCUT2D eigenvalue weighted by Crippen LogP contribution is 2.12. The summed E-state index contributed by atoms with van der Waals surface area (Å²) in [6, 6.07) is 0.151. The van der Waals surface area contributed by atoms with Crippen LogP contribution in [-0.2, 0) is 9.59 Å². The van der Waals surface area contributed by atoms with Gasteiger partial charge in [0.05, 0.1) is 0 Å². The molecule has 3 N–H and O–H groups in total. The van der Waals surface area contributed by atoms with Gasteiger partial charge in [0, 0.05) is 18.5 Å². The van der Waals surface area contributed by atoms with Crippen molar-refractivity contribution in [1.29, 1.82) is 0 Å². The molecule has 0 aromatic heterocycles. The molecule has 0 spiro atoms. The van der Waals surface area contributed by atoms with Crippen LogP contribution in [0.3, 0.4) is 0 Å². The molecular weight excluding hydrogens is 220 g/mol. The topological polar surface area (TPSA) is 83.6 Å². The number of hydrogen-bond acceptors (Lipinski definition) is 3. The number of nitrogens with two attached hydrogens (primary N) is 1. The molecule has 0 saturated carbocycles. The Morgan fingerprint density at radius 2 is 1.88 bits per heavy atom. The minimum Gasteiger partial charge on any atom is -0.480 e. The standard InChI is InChI=1S/C12H24N2O3/c1-4-14(8-11(15)16)12(17)9(2)6-5-7-10(3)13/h9-10H,4-8,13H2,1-3H3,(H,15,16). The van der Waals surface area contributed by atoms with Crippen LogP contribution < -0.4 is 5.73 Å². The highest BCUT2D eigenvalue weighted by molar-refractivity contribution is 5.82. The molecule has 0 heterocycles. The van der Waals surface area contributed by atoms with Gasteiger partial charge in [-0.2, -0.15) is 0 Å². The zero-order valence-electron chi connectivity index (χ0n) is 11.0. The van der Waals surface area contributed by atoms with Crippen LogP contribution in [0.15, 0.2) is 0 Å². The Kier molecular flexibility index (Phi) is 7.54. The molecule has 1 amide bonds. The molecule has 2 unspecified atom stereocenters. The van der Waals surface area contributed by atoms with Gasteiger partial charge in [0.25, 0.3) is 0 Å². The molecule has 17 heavy (non-hydrogen) atoms. The van der Waals surface area contributed by atoms with Crippen LogP contribution in [0.4, 0.5) is 0 Å². The average Bonchev–Trinajstić information content (AvgIpc) is 2.23. The van der Waals surface area contributed by atoms with Crippen molar-refractivity contribution < 1.29 is 14.7 Å². The van der Waals surface area contributed by atoms with Gasteiger partial charge in [-0.05, 0) is 26.7 Å². The second kappa shape index (κ2) is 8.06. The Morgan fingerprint density at radius 1 is 1.29 bits per heavy atom. The number of likely N-dealkylation sites (N-methyl/N-ethyl adjacent to an activating group) is 1. The lowest BCUT2D eigenvalue weighted by Crippen LogP contribution is -2.38. The maximum atomic E-state index is 11.9. The fourth-order valence-electron chi connectivity index (χ4n) is 1.69. The summed E-state index contributed by atoms with van der Waals surface area (Å²) < 4.78 is 0. The lowest BCUT2D eigenvalue weighted by atomic mass is 10.0. The lowest BCUT2D eigenvalue weighted by Gasteiger charge is -2.22. The average molecular weight is 244 g/mol. The van der Waals surface area contributed by atoms with E-state index < -0.39 is 5.97 Å². The summed E-state index contributed by atoms with van der Waals surface area (Å²) >= 11 is 0. The van der Waals surface area contributed by atoms with Crippen LogP contribution in [0, 0.1) is 5.92 Å². The first-order valence-electron chi connectivity index (χ1n) is 6.14. The smallest absolute Gasteiger partial charge is 0.323 e. The van der Waals surface area contributed by atoms with E-state index in [1.807, 2.05) is 13.8 Å². The number of nitrogens with zero attached hydrogens (tertiary/aromatic N) is 1. The first kappa shape index (κ1) is 15.9. The number of rotatable bonds is 8. The summed E-state index contributed by atoms with van der Waals surface area (Å²) in [6.45, 7) is 5.79. The van der Waals surface area contributed by atoms with E-state index in [9.17, 15) is 9.59 Å². The van der Waals surface area contributed by atoms with E-state index in [1.54, 1.807) is 6.92 Å². The van der Waals surface area contributed by atoms with Crippen LogP contribution in [-0.4, -0.2) is 41.0 Å². The molecule has 0 aliphatic rings. The van der Waals surface area contributed by atoms with Crippen molar-refractivity contribution in [2.75, 3.05) is 13.1 Å². The van der Waals surface area contributed by atoms with Crippen molar-refractivity contribution in [3.8, 4) is 0 Å². The Bertz CT molecular complexity index is 254. The van der Waals surface area contributed by atoms with Gasteiger partial charge in [-0.3, -0.25) is 9.59 Å². The molecule has 2 atom stereocenters. The second-order valence-corrected chi connectivity index (χ2v) is 4.56. The Balaban J connectivity index is 4.12. The van der Waals surface area contributed by atoms with E-state index in [0.29, 0.717) is 6.54 Å². The van der Waals surface area contributed by atoms with Crippen molar-refractivity contribution in [2.45, 2.75) is 46.1 Å². The van der Waals surface area contributed by atoms with E-state index in [4.69, 9.17) is 10.8 Å². The van der Waals surface area contributed by atoms with Crippen LogP contribution in [0.25, 0.3) is 0 Å². The SMILES string of the molecule is CCN(CC(=O)O)C(=O)C(C)CCCC(C)N. The minimum atomic E-state index is -0.969. The molecule has 0 aliphatic heterocycles. The van der Waals surface area contributed by atoms with Crippen molar-refractivity contribution in [2.24, 2.45) is 11.7 Å². The number of amides is 1. The first-order chi connectivity index (χ1) is 7.88. The third kappa shape index (κ3) is 6.94. The highest BCUT2D eigenvalue weighted by Gasteiger charge is 2.20. The van der Waals surface area contributed by atoms with E-state index in [2.05, 4.69) is 0 Å². The third-order valence-electron chi connectivity index (χ3n) is 2.74. The maximum Gasteiger partial charge on any atom is 0.323 e. The van der Waals surface area contributed by atoms with Gasteiger partial charge >= 0.3 is 5.97 Å². The van der Waals surface area contributed by atoms with Crippen molar-refractivity contribution in [3.05, 3.63) is 0 Å². The molecule has 5 nitrogen and oxygen atoms in total. The summed E-state index contributed by atoms with van der Waals surface area (Å²) in [6.07, 6.45) is 2.55. The largest absolute Gasteiger partial charge is 0.480 e. The van der Waals surface area contributed by atoms with Crippen molar-refractivity contribution >= 4 is 11.9 Å². The fourth-order valence-corrected chi connectivity index (χ4v) is 1.69. The molecule has 0 aromatic rings. The van der Waals surface area contributed by atoms with E-state index in [0.717, 1.165) is 19.3 Å². The molecular formula is C12H24N2O3. The monoisotopic (exact) mass is 244 g/mol. The number of carbonyl (C=O) groups is 2. The minimum absolute atomic E-state index is 0.0837.